The van der Waals surface area contributed by atoms with Gasteiger partial charge in [0.2, 0.25) is 0 Å². The zero-order valence-electron chi connectivity index (χ0n) is 12.0. The molecule has 21 heavy (non-hydrogen) atoms. The van der Waals surface area contributed by atoms with Crippen LogP contribution < -0.4 is 11.1 Å². The van der Waals surface area contributed by atoms with Crippen LogP contribution in [0, 0.1) is 18.8 Å². The van der Waals surface area contributed by atoms with E-state index >= 15 is 0 Å². The summed E-state index contributed by atoms with van der Waals surface area (Å²) in [6.07, 6.45) is 3.57. The molecule has 0 spiro atoms. The van der Waals surface area contributed by atoms with Crippen LogP contribution in [-0.2, 0) is 6.54 Å². The number of aromatic nitrogens is 2. The molecule has 1 aromatic heterocycles. The fraction of sp³-hybridized carbons (Fsp3) is 0.250. The van der Waals surface area contributed by atoms with Gasteiger partial charge in [0.05, 0.1) is 13.1 Å². The van der Waals surface area contributed by atoms with Crippen LogP contribution in [0.25, 0.3) is 0 Å². The Morgan fingerprint density at radius 3 is 3.00 bits per heavy atom. The molecule has 2 rings (SSSR count). The van der Waals surface area contributed by atoms with Crippen LogP contribution in [-0.4, -0.2) is 28.8 Å². The van der Waals surface area contributed by atoms with Crippen molar-refractivity contribution in [2.24, 2.45) is 5.73 Å². The van der Waals surface area contributed by atoms with Gasteiger partial charge in [-0.25, -0.2) is 0 Å². The van der Waals surface area contributed by atoms with Crippen LogP contribution >= 0.6 is 0 Å². The second kappa shape index (κ2) is 7.27. The minimum absolute atomic E-state index is 0.110. The highest BCUT2D eigenvalue weighted by Gasteiger charge is 2.06. The molecule has 0 unspecified atom stereocenters. The molecule has 0 aliphatic carbocycles. The van der Waals surface area contributed by atoms with Crippen molar-refractivity contribution < 1.29 is 4.79 Å². The predicted molar refractivity (Wildman–Crippen MR) is 81.7 cm³/mol. The summed E-state index contributed by atoms with van der Waals surface area (Å²) in [5, 5.41) is 6.96. The monoisotopic (exact) mass is 282 g/mol. The lowest BCUT2D eigenvalue weighted by molar-refractivity contribution is 0.0952. The van der Waals surface area contributed by atoms with Gasteiger partial charge in [-0.05, 0) is 36.8 Å². The summed E-state index contributed by atoms with van der Waals surface area (Å²) >= 11 is 0. The lowest BCUT2D eigenvalue weighted by Gasteiger charge is -2.07. The van der Waals surface area contributed by atoms with E-state index in [0.717, 1.165) is 11.1 Å². The van der Waals surface area contributed by atoms with Crippen LogP contribution in [0.5, 0.6) is 0 Å². The summed E-state index contributed by atoms with van der Waals surface area (Å²) in [5.74, 6) is 5.63. The van der Waals surface area contributed by atoms with E-state index in [-0.39, 0.29) is 5.91 Å². The number of aryl methyl sites for hydroxylation is 1. The van der Waals surface area contributed by atoms with Gasteiger partial charge < -0.3 is 11.1 Å². The molecule has 5 nitrogen and oxygen atoms in total. The van der Waals surface area contributed by atoms with Crippen molar-refractivity contribution in [3.05, 3.63) is 53.3 Å². The molecule has 0 bridgehead atoms. The first kappa shape index (κ1) is 14.8. The Hall–Kier alpha value is -2.58. The minimum atomic E-state index is -0.110. The molecule has 0 aliphatic heterocycles. The smallest absolute Gasteiger partial charge is 0.251 e. The van der Waals surface area contributed by atoms with Gasteiger partial charge >= 0.3 is 0 Å². The Bertz CT molecular complexity index is 665. The normalized spacial score (nSPS) is 9.81. The van der Waals surface area contributed by atoms with Crippen LogP contribution in [0.4, 0.5) is 0 Å². The molecule has 3 N–H and O–H groups in total. The van der Waals surface area contributed by atoms with E-state index in [0.29, 0.717) is 25.2 Å². The molecule has 1 amide bonds. The maximum atomic E-state index is 12.1. The number of nitrogens with two attached hydrogens (primary N) is 1. The highest BCUT2D eigenvalue weighted by Crippen LogP contribution is 2.09. The number of hydrogen-bond acceptors (Lipinski definition) is 3. The topological polar surface area (TPSA) is 72.9 Å². The van der Waals surface area contributed by atoms with Crippen molar-refractivity contribution in [2.75, 3.05) is 13.1 Å². The number of hydrogen-bond donors (Lipinski definition) is 2. The fourth-order valence-corrected chi connectivity index (χ4v) is 1.96. The van der Waals surface area contributed by atoms with Crippen LogP contribution in [0.1, 0.15) is 21.5 Å². The number of carbonyl (C=O) groups excluding carboxylic acids is 1. The molecule has 0 fully saturated rings. The van der Waals surface area contributed by atoms with E-state index in [4.69, 9.17) is 5.73 Å². The third-order valence-corrected chi connectivity index (χ3v) is 2.86. The number of nitrogens with one attached hydrogen (secondary N) is 1. The summed E-state index contributed by atoms with van der Waals surface area (Å²) in [6, 6.07) is 7.41. The molecular weight excluding hydrogens is 264 g/mol. The first-order valence-corrected chi connectivity index (χ1v) is 6.75. The first-order chi connectivity index (χ1) is 10.2. The Labute approximate surface area is 124 Å². The van der Waals surface area contributed by atoms with E-state index in [2.05, 4.69) is 22.3 Å². The molecule has 5 heteroatoms. The summed E-state index contributed by atoms with van der Waals surface area (Å²) < 4.78 is 1.77. The van der Waals surface area contributed by atoms with Crippen molar-refractivity contribution in [1.82, 2.24) is 15.1 Å². The zero-order valence-corrected chi connectivity index (χ0v) is 12.0. The molecule has 2 aromatic rings. The van der Waals surface area contributed by atoms with Gasteiger partial charge in [0.1, 0.15) is 0 Å². The standard InChI is InChI=1S/C16H18N4O/c1-13-10-14(4-2-5-17)12-15(11-13)16(21)18-7-9-20-8-3-6-19-20/h3,6,8,10-12H,5,7,9,17H2,1H3,(H,18,21). The quantitative estimate of drug-likeness (QED) is 0.819. The second-order valence-electron chi connectivity index (χ2n) is 4.62. The average molecular weight is 282 g/mol. The SMILES string of the molecule is Cc1cc(C#CCN)cc(C(=O)NCCn2cccn2)c1. The van der Waals surface area contributed by atoms with E-state index in [1.54, 1.807) is 16.9 Å². The molecule has 0 aliphatic rings. The number of nitrogens with zero attached hydrogens (tertiary/aromatic N) is 2. The van der Waals surface area contributed by atoms with Gasteiger partial charge in [-0.1, -0.05) is 11.8 Å². The molecule has 1 heterocycles. The molecule has 108 valence electrons. The summed E-state index contributed by atoms with van der Waals surface area (Å²) in [4.78, 5) is 12.1. The average Bonchev–Trinajstić information content (AvgIpc) is 2.97. The summed E-state index contributed by atoms with van der Waals surface area (Å²) in [5.41, 5.74) is 7.77. The number of benzene rings is 1. The number of rotatable bonds is 4. The molecular formula is C16H18N4O. The van der Waals surface area contributed by atoms with Gasteiger partial charge in [-0.2, -0.15) is 5.10 Å². The van der Waals surface area contributed by atoms with Gasteiger partial charge in [0.25, 0.3) is 5.91 Å². The second-order valence-corrected chi connectivity index (χ2v) is 4.62. The Morgan fingerprint density at radius 1 is 1.43 bits per heavy atom. The summed E-state index contributed by atoms with van der Waals surface area (Å²) in [6.45, 7) is 3.41. The van der Waals surface area contributed by atoms with Crippen LogP contribution in [0.15, 0.2) is 36.7 Å². The van der Waals surface area contributed by atoms with Crippen molar-refractivity contribution in [1.29, 1.82) is 0 Å². The predicted octanol–water partition coefficient (Wildman–Crippen LogP) is 0.932. The van der Waals surface area contributed by atoms with E-state index in [1.165, 1.54) is 0 Å². The Morgan fingerprint density at radius 2 is 2.29 bits per heavy atom. The number of carbonyl (C=O) groups is 1. The van der Waals surface area contributed by atoms with Crippen molar-refractivity contribution in [3.8, 4) is 11.8 Å². The molecule has 0 saturated heterocycles. The summed E-state index contributed by atoms with van der Waals surface area (Å²) in [7, 11) is 0. The maximum absolute atomic E-state index is 12.1. The molecule has 0 saturated carbocycles. The number of amides is 1. The minimum Gasteiger partial charge on any atom is -0.350 e. The van der Waals surface area contributed by atoms with Crippen LogP contribution in [0.3, 0.4) is 0 Å². The molecule has 1 aromatic carbocycles. The third kappa shape index (κ3) is 4.48. The highest BCUT2D eigenvalue weighted by molar-refractivity contribution is 5.94. The molecule has 0 atom stereocenters. The largest absolute Gasteiger partial charge is 0.350 e. The van der Waals surface area contributed by atoms with Crippen molar-refractivity contribution >= 4 is 5.91 Å². The van der Waals surface area contributed by atoms with E-state index < -0.39 is 0 Å². The van der Waals surface area contributed by atoms with Crippen molar-refractivity contribution in [2.45, 2.75) is 13.5 Å². The maximum Gasteiger partial charge on any atom is 0.251 e. The van der Waals surface area contributed by atoms with E-state index in [9.17, 15) is 4.79 Å². The van der Waals surface area contributed by atoms with Gasteiger partial charge in [0, 0.05) is 30.1 Å². The lowest BCUT2D eigenvalue weighted by Crippen LogP contribution is -2.27. The van der Waals surface area contributed by atoms with Gasteiger partial charge in [-0.3, -0.25) is 9.48 Å². The van der Waals surface area contributed by atoms with Gasteiger partial charge in [0.15, 0.2) is 0 Å². The van der Waals surface area contributed by atoms with Crippen LogP contribution in [0.2, 0.25) is 0 Å². The van der Waals surface area contributed by atoms with Crippen molar-refractivity contribution in [3.63, 3.8) is 0 Å². The first-order valence-electron chi connectivity index (χ1n) is 6.75. The van der Waals surface area contributed by atoms with Gasteiger partial charge in [-0.15, -0.1) is 0 Å². The fourth-order valence-electron chi connectivity index (χ4n) is 1.96. The Kier molecular flexibility index (Phi) is 5.13. The third-order valence-electron chi connectivity index (χ3n) is 2.86. The highest BCUT2D eigenvalue weighted by atomic mass is 16.1. The lowest BCUT2D eigenvalue weighted by atomic mass is 10.1. The Balaban J connectivity index is 1.99. The molecule has 0 radical (unpaired) electrons. The van der Waals surface area contributed by atoms with E-state index in [1.807, 2.05) is 31.3 Å². The zero-order chi connectivity index (χ0) is 15.1.